The van der Waals surface area contributed by atoms with E-state index in [1.807, 2.05) is 6.92 Å². The SMILES string of the molecule is CCCN1C(=O)C(O)(CC(=O)c2cccc([N+](=O)[O-])c2)c2ccccc21. The van der Waals surface area contributed by atoms with E-state index in [0.29, 0.717) is 24.2 Å². The molecule has 1 atom stereocenters. The molecule has 1 amide bonds. The lowest BCUT2D eigenvalue weighted by Crippen LogP contribution is -2.42. The molecular weight excluding hydrogens is 336 g/mol. The average Bonchev–Trinajstić information content (AvgIpc) is 2.84. The largest absolute Gasteiger partial charge is 0.375 e. The van der Waals surface area contributed by atoms with Crippen molar-refractivity contribution in [3.63, 3.8) is 0 Å². The fourth-order valence-corrected chi connectivity index (χ4v) is 3.25. The zero-order chi connectivity index (χ0) is 18.9. The highest BCUT2D eigenvalue weighted by Gasteiger charge is 2.50. The summed E-state index contributed by atoms with van der Waals surface area (Å²) in [6, 6.07) is 12.1. The molecule has 0 bridgehead atoms. The van der Waals surface area contributed by atoms with Gasteiger partial charge in [0.05, 0.1) is 17.0 Å². The van der Waals surface area contributed by atoms with Crippen molar-refractivity contribution in [1.82, 2.24) is 0 Å². The number of carbonyl (C=O) groups is 2. The van der Waals surface area contributed by atoms with Crippen LogP contribution in [0.15, 0.2) is 48.5 Å². The number of anilines is 1. The molecule has 0 radical (unpaired) electrons. The van der Waals surface area contributed by atoms with E-state index in [1.165, 1.54) is 23.1 Å². The summed E-state index contributed by atoms with van der Waals surface area (Å²) in [5.74, 6) is -1.07. The second-order valence-electron chi connectivity index (χ2n) is 6.24. The Bertz CT molecular complexity index is 895. The Hall–Kier alpha value is -3.06. The number of Topliss-reactive ketones (excluding diaryl/α,β-unsaturated/α-hetero) is 1. The van der Waals surface area contributed by atoms with Crippen LogP contribution in [-0.4, -0.2) is 28.3 Å². The van der Waals surface area contributed by atoms with Crippen LogP contribution in [0.2, 0.25) is 0 Å². The number of hydrogen-bond donors (Lipinski definition) is 1. The molecule has 0 spiro atoms. The van der Waals surface area contributed by atoms with Crippen molar-refractivity contribution < 1.29 is 19.6 Å². The van der Waals surface area contributed by atoms with Gasteiger partial charge < -0.3 is 10.0 Å². The van der Waals surface area contributed by atoms with Gasteiger partial charge in [-0.05, 0) is 12.5 Å². The Morgan fingerprint density at radius 1 is 1.23 bits per heavy atom. The van der Waals surface area contributed by atoms with Gasteiger partial charge in [0.1, 0.15) is 0 Å². The summed E-state index contributed by atoms with van der Waals surface area (Å²) in [5.41, 5.74) is -1.11. The van der Waals surface area contributed by atoms with Crippen LogP contribution in [0.3, 0.4) is 0 Å². The van der Waals surface area contributed by atoms with E-state index < -0.39 is 28.6 Å². The van der Waals surface area contributed by atoms with Crippen molar-refractivity contribution >= 4 is 23.1 Å². The van der Waals surface area contributed by atoms with Crippen LogP contribution in [0.5, 0.6) is 0 Å². The first-order chi connectivity index (χ1) is 12.4. The smallest absolute Gasteiger partial charge is 0.270 e. The molecule has 0 aliphatic carbocycles. The van der Waals surface area contributed by atoms with Gasteiger partial charge in [-0.15, -0.1) is 0 Å². The first kappa shape index (κ1) is 17.8. The Labute approximate surface area is 150 Å². The Balaban J connectivity index is 1.96. The van der Waals surface area contributed by atoms with E-state index in [1.54, 1.807) is 24.3 Å². The molecule has 3 rings (SSSR count). The number of ketones is 1. The molecule has 2 aromatic carbocycles. The monoisotopic (exact) mass is 354 g/mol. The number of non-ortho nitro benzene ring substituents is 1. The van der Waals surface area contributed by atoms with Crippen LogP contribution in [0.1, 0.15) is 35.7 Å². The van der Waals surface area contributed by atoms with Crippen molar-refractivity contribution in [3.05, 3.63) is 69.8 Å². The minimum absolute atomic E-state index is 0.0897. The number of nitro groups is 1. The average molecular weight is 354 g/mol. The van der Waals surface area contributed by atoms with E-state index in [9.17, 15) is 24.8 Å². The second-order valence-corrected chi connectivity index (χ2v) is 6.24. The molecule has 0 fully saturated rings. The molecule has 1 unspecified atom stereocenters. The van der Waals surface area contributed by atoms with E-state index in [2.05, 4.69) is 0 Å². The maximum atomic E-state index is 12.8. The van der Waals surface area contributed by atoms with Crippen molar-refractivity contribution in [2.45, 2.75) is 25.4 Å². The summed E-state index contributed by atoms with van der Waals surface area (Å²) >= 11 is 0. The summed E-state index contributed by atoms with van der Waals surface area (Å²) in [5, 5.41) is 22.0. The molecule has 0 aromatic heterocycles. The topological polar surface area (TPSA) is 101 Å². The first-order valence-electron chi connectivity index (χ1n) is 8.30. The number of hydrogen-bond acceptors (Lipinski definition) is 5. The number of nitrogens with zero attached hydrogens (tertiary/aromatic N) is 2. The van der Waals surface area contributed by atoms with Gasteiger partial charge >= 0.3 is 0 Å². The highest BCUT2D eigenvalue weighted by Crippen LogP contribution is 2.42. The first-order valence-corrected chi connectivity index (χ1v) is 8.30. The summed E-state index contributed by atoms with van der Waals surface area (Å²) in [7, 11) is 0. The van der Waals surface area contributed by atoms with Crippen LogP contribution in [0, 0.1) is 10.1 Å². The van der Waals surface area contributed by atoms with E-state index in [0.717, 1.165) is 6.07 Å². The number of benzene rings is 2. The van der Waals surface area contributed by atoms with Gasteiger partial charge in [0.2, 0.25) is 0 Å². The molecule has 1 aliphatic rings. The molecule has 1 aliphatic heterocycles. The number of fused-ring (bicyclic) bond motifs is 1. The Morgan fingerprint density at radius 3 is 2.65 bits per heavy atom. The lowest BCUT2D eigenvalue weighted by atomic mass is 9.88. The molecule has 2 aromatic rings. The quantitative estimate of drug-likeness (QED) is 0.488. The van der Waals surface area contributed by atoms with Gasteiger partial charge in [-0.3, -0.25) is 19.7 Å². The van der Waals surface area contributed by atoms with E-state index >= 15 is 0 Å². The van der Waals surface area contributed by atoms with Gasteiger partial charge in [0.15, 0.2) is 11.4 Å². The minimum atomic E-state index is -1.96. The predicted molar refractivity (Wildman–Crippen MR) is 95.0 cm³/mol. The van der Waals surface area contributed by atoms with Crippen molar-refractivity contribution in [2.24, 2.45) is 0 Å². The summed E-state index contributed by atoms with van der Waals surface area (Å²) in [6.07, 6.45) is 0.235. The fraction of sp³-hybridized carbons (Fsp3) is 0.263. The van der Waals surface area contributed by atoms with Crippen LogP contribution in [0.25, 0.3) is 0 Å². The van der Waals surface area contributed by atoms with Crippen LogP contribution >= 0.6 is 0 Å². The van der Waals surface area contributed by atoms with Gasteiger partial charge in [-0.25, -0.2) is 0 Å². The molecule has 7 nitrogen and oxygen atoms in total. The normalized spacial score (nSPS) is 18.7. The van der Waals surface area contributed by atoms with Gasteiger partial charge in [0, 0.05) is 29.8 Å². The van der Waals surface area contributed by atoms with Crippen LogP contribution < -0.4 is 4.90 Å². The molecule has 26 heavy (non-hydrogen) atoms. The standard InChI is InChI=1S/C19H18N2O5/c1-2-10-20-16-9-4-3-8-15(16)19(24,18(20)23)12-17(22)13-6-5-7-14(11-13)21(25)26/h3-9,11,24H,2,10,12H2,1H3. The van der Waals surface area contributed by atoms with Crippen molar-refractivity contribution in [2.75, 3.05) is 11.4 Å². The Kier molecular flexibility index (Phi) is 4.56. The molecule has 134 valence electrons. The van der Waals surface area contributed by atoms with E-state index in [4.69, 9.17) is 0 Å². The number of para-hydroxylation sites is 1. The van der Waals surface area contributed by atoms with E-state index in [-0.39, 0.29) is 11.3 Å². The summed E-state index contributed by atoms with van der Waals surface area (Å²) in [4.78, 5) is 37.3. The number of nitro benzene ring substituents is 1. The van der Waals surface area contributed by atoms with Crippen molar-refractivity contribution in [1.29, 1.82) is 0 Å². The third-order valence-corrected chi connectivity index (χ3v) is 4.48. The number of carbonyl (C=O) groups excluding carboxylic acids is 2. The number of rotatable bonds is 6. The molecule has 1 heterocycles. The predicted octanol–water partition coefficient (Wildman–Crippen LogP) is 2.81. The highest BCUT2D eigenvalue weighted by molar-refractivity contribution is 6.10. The molecular formula is C19H18N2O5. The molecule has 7 heteroatoms. The zero-order valence-electron chi connectivity index (χ0n) is 14.2. The minimum Gasteiger partial charge on any atom is -0.375 e. The number of aliphatic hydroxyl groups is 1. The summed E-state index contributed by atoms with van der Waals surface area (Å²) in [6.45, 7) is 2.35. The van der Waals surface area contributed by atoms with Crippen LogP contribution in [0.4, 0.5) is 11.4 Å². The molecule has 0 saturated heterocycles. The molecule has 0 saturated carbocycles. The van der Waals surface area contributed by atoms with Gasteiger partial charge in [0.25, 0.3) is 11.6 Å². The lowest BCUT2D eigenvalue weighted by molar-refractivity contribution is -0.384. The third-order valence-electron chi connectivity index (χ3n) is 4.48. The van der Waals surface area contributed by atoms with Crippen LogP contribution in [-0.2, 0) is 10.4 Å². The molecule has 1 N–H and O–H groups in total. The van der Waals surface area contributed by atoms with Crippen molar-refractivity contribution in [3.8, 4) is 0 Å². The summed E-state index contributed by atoms with van der Waals surface area (Å²) < 4.78 is 0. The fourth-order valence-electron chi connectivity index (χ4n) is 3.25. The second kappa shape index (κ2) is 6.68. The van der Waals surface area contributed by atoms with Gasteiger partial charge in [-0.2, -0.15) is 0 Å². The lowest BCUT2D eigenvalue weighted by Gasteiger charge is -2.22. The maximum Gasteiger partial charge on any atom is 0.270 e. The highest BCUT2D eigenvalue weighted by atomic mass is 16.6. The zero-order valence-corrected chi connectivity index (χ0v) is 14.2. The van der Waals surface area contributed by atoms with Gasteiger partial charge in [-0.1, -0.05) is 37.3 Å². The number of amides is 1. The third kappa shape index (κ3) is 2.86. The Morgan fingerprint density at radius 2 is 1.96 bits per heavy atom. The maximum absolute atomic E-state index is 12.8.